The Bertz CT molecular complexity index is 1570. The second kappa shape index (κ2) is 15.7. The highest BCUT2D eigenvalue weighted by Gasteiger charge is 2.15. The van der Waals surface area contributed by atoms with Crippen molar-refractivity contribution in [2.45, 2.75) is 45.1 Å². The number of benzene rings is 3. The molecule has 45 heavy (non-hydrogen) atoms. The molecule has 6 N–H and O–H groups in total. The van der Waals surface area contributed by atoms with Gasteiger partial charge >= 0.3 is 0 Å². The third-order valence-corrected chi connectivity index (χ3v) is 7.47. The zero-order chi connectivity index (χ0) is 31.4. The van der Waals surface area contributed by atoms with Crippen LogP contribution in [0.3, 0.4) is 0 Å². The quantitative estimate of drug-likeness (QED) is 0.0859. The molecule has 13 heteroatoms. The van der Waals surface area contributed by atoms with E-state index in [0.29, 0.717) is 36.0 Å². The molecule has 0 unspecified atom stereocenters. The van der Waals surface area contributed by atoms with Gasteiger partial charge < -0.3 is 21.3 Å². The van der Waals surface area contributed by atoms with Gasteiger partial charge in [-0.3, -0.25) is 15.6 Å². The van der Waals surface area contributed by atoms with Crippen molar-refractivity contribution < 1.29 is 13.6 Å². The van der Waals surface area contributed by atoms with Crippen LogP contribution in [-0.4, -0.2) is 32.5 Å². The first kappa shape index (κ1) is 31.5. The minimum absolute atomic E-state index is 0.116. The van der Waals surface area contributed by atoms with Crippen molar-refractivity contribution in [3.05, 3.63) is 95.6 Å². The molecule has 1 heterocycles. The molecule has 0 bridgehead atoms. The van der Waals surface area contributed by atoms with Gasteiger partial charge in [0.15, 0.2) is 5.11 Å². The van der Waals surface area contributed by atoms with E-state index in [4.69, 9.17) is 12.2 Å². The Kier molecular flexibility index (Phi) is 11.0. The van der Waals surface area contributed by atoms with Gasteiger partial charge in [0.1, 0.15) is 11.6 Å². The summed E-state index contributed by atoms with van der Waals surface area (Å²) < 4.78 is 26.4. The predicted molar refractivity (Wildman–Crippen MR) is 176 cm³/mol. The van der Waals surface area contributed by atoms with Crippen molar-refractivity contribution in [1.82, 2.24) is 25.8 Å². The third-order valence-electron chi connectivity index (χ3n) is 7.27. The Hall–Kier alpha value is -4.91. The fourth-order valence-corrected chi connectivity index (χ4v) is 5.06. The number of carbonyl (C=O) groups is 1. The van der Waals surface area contributed by atoms with Crippen molar-refractivity contribution in [3.8, 4) is 0 Å². The van der Waals surface area contributed by atoms with Gasteiger partial charge in [-0.15, -0.1) is 0 Å². The van der Waals surface area contributed by atoms with E-state index < -0.39 is 0 Å². The Balaban J connectivity index is 1.16. The first-order valence-electron chi connectivity index (χ1n) is 14.8. The maximum atomic E-state index is 13.3. The average molecular weight is 632 g/mol. The molecule has 1 fully saturated rings. The summed E-state index contributed by atoms with van der Waals surface area (Å²) in [6, 6.07) is 19.3. The second-order valence-corrected chi connectivity index (χ2v) is 11.2. The number of aromatic nitrogens is 3. The molecule has 0 spiro atoms. The van der Waals surface area contributed by atoms with Crippen LogP contribution in [0.25, 0.3) is 0 Å². The summed E-state index contributed by atoms with van der Waals surface area (Å²) in [5.41, 5.74) is 8.18. The summed E-state index contributed by atoms with van der Waals surface area (Å²) in [6.45, 7) is 1.21. The highest BCUT2D eigenvalue weighted by molar-refractivity contribution is 7.80. The monoisotopic (exact) mass is 631 g/mol. The minimum Gasteiger partial charge on any atom is -0.354 e. The zero-order valence-corrected chi connectivity index (χ0v) is 25.4. The van der Waals surface area contributed by atoms with E-state index >= 15 is 0 Å². The largest absolute Gasteiger partial charge is 0.354 e. The molecule has 3 aromatic carbocycles. The van der Waals surface area contributed by atoms with Crippen LogP contribution >= 0.6 is 12.2 Å². The fourth-order valence-electron chi connectivity index (χ4n) is 4.89. The first-order chi connectivity index (χ1) is 21.9. The molecule has 0 saturated heterocycles. The normalized spacial score (nSPS) is 13.0. The molecule has 1 aliphatic carbocycles. The van der Waals surface area contributed by atoms with Gasteiger partial charge in [-0.2, -0.15) is 15.0 Å². The highest BCUT2D eigenvalue weighted by Crippen LogP contribution is 2.24. The molecule has 1 amide bonds. The maximum absolute atomic E-state index is 13.3. The number of halogens is 2. The summed E-state index contributed by atoms with van der Waals surface area (Å²) >= 11 is 5.17. The lowest BCUT2D eigenvalue weighted by molar-refractivity contribution is -0.121. The van der Waals surface area contributed by atoms with E-state index in [2.05, 4.69) is 47.1 Å². The summed E-state index contributed by atoms with van der Waals surface area (Å²) in [5, 5.41) is 12.8. The number of nitrogens with zero attached hydrogens (tertiary/aromatic N) is 3. The van der Waals surface area contributed by atoms with Crippen LogP contribution in [0.2, 0.25) is 0 Å². The minimum atomic E-state index is -0.353. The van der Waals surface area contributed by atoms with Gasteiger partial charge in [0, 0.05) is 24.5 Å². The van der Waals surface area contributed by atoms with Gasteiger partial charge in [-0.05, 0) is 90.6 Å². The van der Waals surface area contributed by atoms with E-state index in [1.807, 2.05) is 24.3 Å². The molecule has 1 aromatic heterocycles. The van der Waals surface area contributed by atoms with Crippen LogP contribution in [0.4, 0.5) is 38.0 Å². The van der Waals surface area contributed by atoms with Crippen molar-refractivity contribution in [2.75, 3.05) is 27.8 Å². The molecule has 0 atom stereocenters. The number of thiocarbonyl (C=S) groups is 1. The van der Waals surface area contributed by atoms with Crippen LogP contribution in [-0.2, 0) is 17.8 Å². The number of anilines is 5. The Morgan fingerprint density at radius 1 is 0.711 bits per heavy atom. The van der Waals surface area contributed by atoms with Crippen molar-refractivity contribution >= 4 is 52.5 Å². The molecule has 1 aliphatic rings. The second-order valence-electron chi connectivity index (χ2n) is 10.8. The van der Waals surface area contributed by atoms with Crippen LogP contribution in [0.1, 0.15) is 43.2 Å². The molecule has 234 valence electrons. The van der Waals surface area contributed by atoms with Crippen molar-refractivity contribution in [3.63, 3.8) is 0 Å². The number of hydrogen-bond donors (Lipinski definition) is 6. The van der Waals surface area contributed by atoms with E-state index in [-0.39, 0.29) is 29.1 Å². The van der Waals surface area contributed by atoms with Gasteiger partial charge in [0.2, 0.25) is 23.8 Å². The molecule has 0 radical (unpaired) electrons. The maximum Gasteiger partial charge on any atom is 0.242 e. The van der Waals surface area contributed by atoms with E-state index in [1.54, 1.807) is 12.1 Å². The predicted octanol–water partition coefficient (Wildman–Crippen LogP) is 6.06. The van der Waals surface area contributed by atoms with Crippen LogP contribution in [0, 0.1) is 17.6 Å². The molecule has 0 aliphatic heterocycles. The van der Waals surface area contributed by atoms with Gasteiger partial charge in [0.25, 0.3) is 0 Å². The number of amides is 1. The molecule has 10 nitrogen and oxygen atoms in total. The smallest absolute Gasteiger partial charge is 0.242 e. The fraction of sp³-hybridized carbons (Fsp3) is 0.281. The van der Waals surface area contributed by atoms with E-state index in [1.165, 1.54) is 68.5 Å². The lowest BCUT2D eigenvalue weighted by Crippen LogP contribution is -2.44. The zero-order valence-electron chi connectivity index (χ0n) is 24.6. The van der Waals surface area contributed by atoms with E-state index in [0.717, 1.165) is 23.4 Å². The Morgan fingerprint density at radius 3 is 1.98 bits per heavy atom. The van der Waals surface area contributed by atoms with E-state index in [9.17, 15) is 13.6 Å². The summed E-state index contributed by atoms with van der Waals surface area (Å²) in [7, 11) is 0. The molecule has 5 rings (SSSR count). The van der Waals surface area contributed by atoms with Gasteiger partial charge in [-0.25, -0.2) is 8.78 Å². The molecule has 4 aromatic rings. The number of carbonyl (C=O) groups excluding carboxylic acids is 1. The highest BCUT2D eigenvalue weighted by atomic mass is 32.1. The lowest BCUT2D eigenvalue weighted by Gasteiger charge is -2.21. The van der Waals surface area contributed by atoms with Crippen molar-refractivity contribution in [1.29, 1.82) is 0 Å². The number of rotatable bonds is 11. The first-order valence-corrected chi connectivity index (χ1v) is 15.2. The number of hydrazine groups is 1. The number of hydrogen-bond acceptors (Lipinski definition) is 8. The van der Waals surface area contributed by atoms with Crippen LogP contribution in [0.15, 0.2) is 72.8 Å². The standard InChI is InChI=1S/C32H35F2N9OS/c33-24-10-6-23(7-11-24)20-36-30-39-29(35-19-22-4-2-1-3-5-22)40-31(41-30)37-26-14-8-21(9-15-26)18-28(44)42-43-32(45)38-27-16-12-25(34)13-17-27/h6-17,22H,1-5,18-20H2,(H,42,44)(H2,38,43,45)(H3,35,36,37,39,40,41). The van der Waals surface area contributed by atoms with Crippen LogP contribution in [0.5, 0.6) is 0 Å². The average Bonchev–Trinajstić information content (AvgIpc) is 3.05. The van der Waals surface area contributed by atoms with Crippen molar-refractivity contribution in [2.24, 2.45) is 5.92 Å². The van der Waals surface area contributed by atoms with Gasteiger partial charge in [-0.1, -0.05) is 43.5 Å². The van der Waals surface area contributed by atoms with Crippen LogP contribution < -0.4 is 32.1 Å². The summed E-state index contributed by atoms with van der Waals surface area (Å²) in [5.74, 6) is 0.862. The molecule has 1 saturated carbocycles. The summed E-state index contributed by atoms with van der Waals surface area (Å²) in [4.78, 5) is 26.1. The van der Waals surface area contributed by atoms with Gasteiger partial charge in [0.05, 0.1) is 6.42 Å². The Labute approximate surface area is 265 Å². The summed E-state index contributed by atoms with van der Waals surface area (Å²) in [6.07, 6.45) is 6.29. The Morgan fingerprint density at radius 2 is 1.29 bits per heavy atom. The SMILES string of the molecule is O=C(Cc1ccc(Nc2nc(NCc3ccc(F)cc3)nc(NCC3CCCCC3)n2)cc1)NNC(=S)Nc1ccc(F)cc1. The molecular weight excluding hydrogens is 596 g/mol. The lowest BCUT2D eigenvalue weighted by atomic mass is 9.89. The third kappa shape index (κ3) is 10.3. The topological polar surface area (TPSA) is 128 Å². The molecular formula is C32H35F2N9OS. The number of nitrogens with one attached hydrogen (secondary N) is 6.